The number of aldehydes is 1. The lowest BCUT2D eigenvalue weighted by Gasteiger charge is -2.00. The molecule has 0 bridgehead atoms. The van der Waals surface area contributed by atoms with Crippen LogP contribution in [0, 0.1) is 0 Å². The average Bonchev–Trinajstić information content (AvgIpc) is 2.27. The number of aryl methyl sites for hydroxylation is 1. The van der Waals surface area contributed by atoms with E-state index in [1.54, 1.807) is 18.2 Å². The normalized spacial score (nSPS) is 10.5. The van der Waals surface area contributed by atoms with Gasteiger partial charge in [-0.25, -0.2) is 4.98 Å². The smallest absolute Gasteiger partial charge is 0.270 e. The lowest BCUT2D eigenvalue weighted by molar-refractivity contribution is 0.112. The molecule has 0 spiro atoms. The molecule has 1 N–H and O–H groups in total. The largest absolute Gasteiger partial charge is 0.319 e. The lowest BCUT2D eigenvalue weighted by atomic mass is 10.2. The van der Waals surface area contributed by atoms with Crippen LogP contribution in [0.2, 0.25) is 0 Å². The molecule has 0 saturated heterocycles. The fourth-order valence-corrected chi connectivity index (χ4v) is 1.45. The van der Waals surface area contributed by atoms with Crippen LogP contribution in [0.1, 0.15) is 23.0 Å². The summed E-state index contributed by atoms with van der Waals surface area (Å²) in [5.74, 6) is 0. The van der Waals surface area contributed by atoms with Crippen LogP contribution in [-0.4, -0.2) is 16.3 Å². The number of aromatic nitrogens is 2. The molecule has 1 heterocycles. The fraction of sp³-hybridized carbons (Fsp3) is 0.182. The summed E-state index contributed by atoms with van der Waals surface area (Å²) in [4.78, 5) is 28.9. The number of hydrogen-bond acceptors (Lipinski definition) is 3. The molecule has 0 atom stereocenters. The second-order valence-corrected chi connectivity index (χ2v) is 3.26. The summed E-state index contributed by atoms with van der Waals surface area (Å²) < 4.78 is 0. The SMILES string of the molecule is CCc1nc2ccc(C=O)cc2[nH]c1=O. The van der Waals surface area contributed by atoms with E-state index < -0.39 is 0 Å². The summed E-state index contributed by atoms with van der Waals surface area (Å²) in [7, 11) is 0. The Morgan fingerprint density at radius 3 is 2.93 bits per heavy atom. The number of carbonyl (C=O) groups excluding carboxylic acids is 1. The molecule has 1 aromatic heterocycles. The number of benzene rings is 1. The number of nitrogens with zero attached hydrogens (tertiary/aromatic N) is 1. The van der Waals surface area contributed by atoms with Crippen LogP contribution in [0.4, 0.5) is 0 Å². The van der Waals surface area contributed by atoms with Crippen molar-refractivity contribution in [2.24, 2.45) is 0 Å². The minimum absolute atomic E-state index is 0.187. The first kappa shape index (κ1) is 9.58. The highest BCUT2D eigenvalue weighted by Crippen LogP contribution is 2.09. The Bertz CT molecular complexity index is 572. The number of rotatable bonds is 2. The predicted molar refractivity (Wildman–Crippen MR) is 57.1 cm³/mol. The van der Waals surface area contributed by atoms with Gasteiger partial charge >= 0.3 is 0 Å². The summed E-state index contributed by atoms with van der Waals surface area (Å²) in [5.41, 5.74) is 2.16. The topological polar surface area (TPSA) is 62.8 Å². The van der Waals surface area contributed by atoms with E-state index >= 15 is 0 Å². The van der Waals surface area contributed by atoms with Crippen molar-refractivity contribution in [3.8, 4) is 0 Å². The molecule has 1 aromatic carbocycles. The second-order valence-electron chi connectivity index (χ2n) is 3.26. The molecule has 0 unspecified atom stereocenters. The van der Waals surface area contributed by atoms with Crippen molar-refractivity contribution in [2.75, 3.05) is 0 Å². The molecule has 4 nitrogen and oxygen atoms in total. The maximum absolute atomic E-state index is 11.5. The van der Waals surface area contributed by atoms with Gasteiger partial charge in [-0.3, -0.25) is 9.59 Å². The van der Waals surface area contributed by atoms with Gasteiger partial charge in [0.15, 0.2) is 0 Å². The maximum atomic E-state index is 11.5. The van der Waals surface area contributed by atoms with E-state index in [1.807, 2.05) is 6.92 Å². The third kappa shape index (κ3) is 1.66. The lowest BCUT2D eigenvalue weighted by Crippen LogP contribution is -2.14. The molecule has 4 heteroatoms. The van der Waals surface area contributed by atoms with Crippen LogP contribution >= 0.6 is 0 Å². The van der Waals surface area contributed by atoms with Crippen molar-refractivity contribution < 1.29 is 4.79 Å². The number of aromatic amines is 1. The van der Waals surface area contributed by atoms with Gasteiger partial charge in [0.1, 0.15) is 12.0 Å². The maximum Gasteiger partial charge on any atom is 0.270 e. The minimum atomic E-state index is -0.187. The average molecular weight is 202 g/mol. The van der Waals surface area contributed by atoms with E-state index in [2.05, 4.69) is 9.97 Å². The molecule has 0 saturated carbocycles. The first-order valence-electron chi connectivity index (χ1n) is 4.72. The van der Waals surface area contributed by atoms with Crippen molar-refractivity contribution >= 4 is 17.3 Å². The Labute approximate surface area is 86.0 Å². The number of fused-ring (bicyclic) bond motifs is 1. The molecule has 0 aliphatic heterocycles. The quantitative estimate of drug-likeness (QED) is 0.746. The van der Waals surface area contributed by atoms with Gasteiger partial charge in [-0.2, -0.15) is 0 Å². The predicted octanol–water partition coefficient (Wildman–Crippen LogP) is 1.30. The molecule has 2 aromatic rings. The number of nitrogens with one attached hydrogen (secondary N) is 1. The highest BCUT2D eigenvalue weighted by Gasteiger charge is 2.02. The number of carbonyl (C=O) groups is 1. The summed E-state index contributed by atoms with van der Waals surface area (Å²) in [6, 6.07) is 5.03. The highest BCUT2D eigenvalue weighted by molar-refractivity contribution is 5.84. The van der Waals surface area contributed by atoms with Gasteiger partial charge in [-0.1, -0.05) is 6.92 Å². The molecule has 0 radical (unpaired) electrons. The summed E-state index contributed by atoms with van der Waals surface area (Å²) in [5, 5.41) is 0. The van der Waals surface area contributed by atoms with Crippen LogP contribution in [0.5, 0.6) is 0 Å². The van der Waals surface area contributed by atoms with Gasteiger partial charge in [0.25, 0.3) is 5.56 Å². The fourth-order valence-electron chi connectivity index (χ4n) is 1.45. The Morgan fingerprint density at radius 1 is 1.47 bits per heavy atom. The monoisotopic (exact) mass is 202 g/mol. The molecule has 0 amide bonds. The first-order valence-corrected chi connectivity index (χ1v) is 4.72. The van der Waals surface area contributed by atoms with E-state index in [-0.39, 0.29) is 5.56 Å². The molecule has 0 fully saturated rings. The van der Waals surface area contributed by atoms with Gasteiger partial charge in [0.05, 0.1) is 11.0 Å². The van der Waals surface area contributed by atoms with Crippen LogP contribution in [-0.2, 0) is 6.42 Å². The second kappa shape index (κ2) is 3.65. The number of H-pyrrole nitrogens is 1. The minimum Gasteiger partial charge on any atom is -0.319 e. The van der Waals surface area contributed by atoms with Crippen molar-refractivity contribution in [1.82, 2.24) is 9.97 Å². The Balaban J connectivity index is 2.75. The van der Waals surface area contributed by atoms with Crippen LogP contribution < -0.4 is 5.56 Å². The van der Waals surface area contributed by atoms with E-state index in [4.69, 9.17) is 0 Å². The summed E-state index contributed by atoms with van der Waals surface area (Å²) >= 11 is 0. The van der Waals surface area contributed by atoms with E-state index in [0.717, 1.165) is 6.29 Å². The highest BCUT2D eigenvalue weighted by atomic mass is 16.1. The van der Waals surface area contributed by atoms with Crippen molar-refractivity contribution in [1.29, 1.82) is 0 Å². The molecule has 76 valence electrons. The van der Waals surface area contributed by atoms with Gasteiger partial charge in [-0.05, 0) is 24.6 Å². The third-order valence-corrected chi connectivity index (χ3v) is 2.26. The van der Waals surface area contributed by atoms with E-state index in [1.165, 1.54) is 0 Å². The molecule has 0 aliphatic carbocycles. The van der Waals surface area contributed by atoms with Crippen molar-refractivity contribution in [2.45, 2.75) is 13.3 Å². The van der Waals surface area contributed by atoms with Crippen molar-refractivity contribution in [3.05, 3.63) is 39.8 Å². The Morgan fingerprint density at radius 2 is 2.27 bits per heavy atom. The first-order chi connectivity index (χ1) is 7.24. The third-order valence-electron chi connectivity index (χ3n) is 2.26. The van der Waals surface area contributed by atoms with Gasteiger partial charge in [-0.15, -0.1) is 0 Å². The van der Waals surface area contributed by atoms with Gasteiger partial charge in [0, 0.05) is 5.56 Å². The van der Waals surface area contributed by atoms with Gasteiger partial charge in [0.2, 0.25) is 0 Å². The zero-order chi connectivity index (χ0) is 10.8. The summed E-state index contributed by atoms with van der Waals surface area (Å²) in [6.45, 7) is 1.88. The van der Waals surface area contributed by atoms with Crippen LogP contribution in [0.25, 0.3) is 11.0 Å². The van der Waals surface area contributed by atoms with E-state index in [0.29, 0.717) is 28.7 Å². The molecular formula is C11H10N2O2. The Kier molecular flexibility index (Phi) is 2.33. The van der Waals surface area contributed by atoms with E-state index in [9.17, 15) is 9.59 Å². The molecule has 15 heavy (non-hydrogen) atoms. The van der Waals surface area contributed by atoms with Crippen LogP contribution in [0.3, 0.4) is 0 Å². The van der Waals surface area contributed by atoms with Crippen LogP contribution in [0.15, 0.2) is 23.0 Å². The Hall–Kier alpha value is -1.97. The summed E-state index contributed by atoms with van der Waals surface area (Å²) in [6.07, 6.45) is 1.34. The molecular weight excluding hydrogens is 192 g/mol. The standard InChI is InChI=1S/C11H10N2O2/c1-2-8-11(15)13-10-5-7(6-14)3-4-9(10)12-8/h3-6H,2H2,1H3,(H,13,15). The van der Waals surface area contributed by atoms with Crippen molar-refractivity contribution in [3.63, 3.8) is 0 Å². The number of hydrogen-bond donors (Lipinski definition) is 1. The zero-order valence-electron chi connectivity index (χ0n) is 8.28. The molecule has 0 aliphatic rings. The zero-order valence-corrected chi connectivity index (χ0v) is 8.28. The molecule has 2 rings (SSSR count). The van der Waals surface area contributed by atoms with Gasteiger partial charge < -0.3 is 4.98 Å².